The molecule has 4 heterocycles. The first-order chi connectivity index (χ1) is 22.2. The number of carbonyl (C=O) groups is 1. The van der Waals surface area contributed by atoms with Crippen LogP contribution in [-0.2, 0) is 4.79 Å². The zero-order valence-corrected chi connectivity index (χ0v) is 29.0. The van der Waals surface area contributed by atoms with Gasteiger partial charge in [-0.15, -0.1) is 0 Å². The highest BCUT2D eigenvalue weighted by Gasteiger charge is 2.36. The van der Waals surface area contributed by atoms with Crippen molar-refractivity contribution in [1.82, 2.24) is 19.4 Å². The lowest BCUT2D eigenvalue weighted by molar-refractivity contribution is -0.130. The molecule has 4 aromatic rings. The molecule has 1 fully saturated rings. The van der Waals surface area contributed by atoms with Gasteiger partial charge in [-0.2, -0.15) is 5.26 Å². The van der Waals surface area contributed by atoms with Crippen molar-refractivity contribution in [2.75, 3.05) is 18.0 Å². The lowest BCUT2D eigenvalue weighted by Gasteiger charge is -2.45. The second kappa shape index (κ2) is 13.0. The Kier molecular flexibility index (Phi) is 9.50. The Bertz CT molecular complexity index is 2050. The maximum atomic E-state index is 15.7. The molecule has 1 saturated heterocycles. The molecule has 14 heteroatoms. The summed E-state index contributed by atoms with van der Waals surface area (Å²) >= 11 is 25.2. The van der Waals surface area contributed by atoms with E-state index in [1.54, 1.807) is 24.1 Å². The van der Waals surface area contributed by atoms with Gasteiger partial charge in [0, 0.05) is 36.8 Å². The van der Waals surface area contributed by atoms with Gasteiger partial charge in [-0.3, -0.25) is 19.1 Å². The molecule has 5 rings (SSSR count). The molecular weight excluding hydrogens is 689 g/mol. The summed E-state index contributed by atoms with van der Waals surface area (Å²) in [4.78, 5) is 40.0. The van der Waals surface area contributed by atoms with Crippen molar-refractivity contribution in [2.24, 2.45) is 0 Å². The number of aromatic nitrogens is 3. The summed E-state index contributed by atoms with van der Waals surface area (Å²) in [5.41, 5.74) is 0.181. The van der Waals surface area contributed by atoms with E-state index >= 15 is 4.39 Å². The number of carbonyl (C=O) groups excluding carboxylic acids is 1. The van der Waals surface area contributed by atoms with Gasteiger partial charge in [0.2, 0.25) is 5.91 Å². The number of benzene rings is 1. The fraction of sp³-hybridized carbons (Fsp3) is 0.303. The maximum absolute atomic E-state index is 15.7. The normalized spacial score (nSPS) is 16.6. The predicted molar refractivity (Wildman–Crippen MR) is 184 cm³/mol. The van der Waals surface area contributed by atoms with Crippen molar-refractivity contribution < 1.29 is 14.3 Å². The summed E-state index contributed by atoms with van der Waals surface area (Å²) in [7, 11) is 0. The zero-order chi connectivity index (χ0) is 34.6. The van der Waals surface area contributed by atoms with E-state index in [9.17, 15) is 20.0 Å². The van der Waals surface area contributed by atoms with E-state index in [1.165, 1.54) is 16.7 Å². The Hall–Kier alpha value is -3.88. The summed E-state index contributed by atoms with van der Waals surface area (Å²) in [5.74, 6) is -2.27. The minimum atomic E-state index is -1.12. The van der Waals surface area contributed by atoms with Crippen molar-refractivity contribution >= 4 is 69.0 Å². The Morgan fingerprint density at radius 3 is 2.36 bits per heavy atom. The number of halogens is 5. The number of hydrogen-bond donors (Lipinski definition) is 1. The molecule has 0 bridgehead atoms. The first-order valence-electron chi connectivity index (χ1n) is 14.6. The Balaban J connectivity index is 1.95. The smallest absolute Gasteiger partial charge is 0.276 e. The van der Waals surface area contributed by atoms with Gasteiger partial charge in [-0.25, -0.2) is 9.37 Å². The molecular formula is C33H29Cl4FN6O3. The fourth-order valence-corrected chi connectivity index (χ4v) is 7.09. The van der Waals surface area contributed by atoms with Crippen molar-refractivity contribution in [3.63, 3.8) is 0 Å². The number of amides is 1. The van der Waals surface area contributed by atoms with Crippen LogP contribution >= 0.6 is 46.4 Å². The molecule has 3 aromatic heterocycles. The number of pyridine rings is 3. The van der Waals surface area contributed by atoms with Crippen LogP contribution in [0, 0.1) is 24.1 Å². The maximum Gasteiger partial charge on any atom is 0.276 e. The Morgan fingerprint density at radius 2 is 1.79 bits per heavy atom. The third-order valence-electron chi connectivity index (χ3n) is 8.26. The predicted octanol–water partition coefficient (Wildman–Crippen LogP) is 7.82. The number of fused-ring (bicyclic) bond motifs is 1. The molecule has 2 atom stereocenters. The van der Waals surface area contributed by atoms with Crippen LogP contribution in [-0.4, -0.2) is 55.6 Å². The summed E-state index contributed by atoms with van der Waals surface area (Å²) < 4.78 is 17.0. The number of piperazine rings is 1. The van der Waals surface area contributed by atoms with Gasteiger partial charge in [-0.1, -0.05) is 66.8 Å². The summed E-state index contributed by atoms with van der Waals surface area (Å²) in [6, 6.07) is 4.63. The number of phenolic OH excluding ortho intramolecular Hbond substituents is 1. The molecule has 47 heavy (non-hydrogen) atoms. The van der Waals surface area contributed by atoms with Gasteiger partial charge in [0.05, 0.1) is 43.4 Å². The van der Waals surface area contributed by atoms with Crippen LogP contribution in [0.15, 0.2) is 35.8 Å². The molecule has 1 aliphatic heterocycles. The monoisotopic (exact) mass is 716 g/mol. The molecule has 0 aliphatic carbocycles. The first-order valence-corrected chi connectivity index (χ1v) is 16.1. The SMILES string of the molecule is C=CC(=O)N1[C@H](C)CN(c2c(C#N)c(=O)n(-c3c(C)ccnc3C(C)C)c3nc(-c4c(O)c(Cl)c(Cl)c(Cl)c4F)c(Cl)cc23)C[C@@H]1C. The average molecular weight is 718 g/mol. The Morgan fingerprint density at radius 1 is 1.15 bits per heavy atom. The first kappa shape index (κ1) is 34.5. The van der Waals surface area contributed by atoms with E-state index in [2.05, 4.69) is 17.6 Å². The van der Waals surface area contributed by atoms with E-state index in [0.29, 0.717) is 22.3 Å². The topological polar surface area (TPSA) is 115 Å². The summed E-state index contributed by atoms with van der Waals surface area (Å²) in [6.07, 6.45) is 2.87. The number of phenols is 1. The van der Waals surface area contributed by atoms with Crippen molar-refractivity contribution in [2.45, 2.75) is 52.6 Å². The number of nitrogens with zero attached hydrogens (tertiary/aromatic N) is 6. The standard InChI is InChI=1S/C33H29Cl4FN6O3/c1-7-21(45)43-16(5)12-42(13-17(43)6)30-18-10-20(34)28(22-26(38)24(36)23(35)25(37)31(22)46)41-32(18)44(33(47)19(30)11-39)29-15(4)8-9-40-27(29)14(2)3/h7-10,14,16-17,46H,1,12-13H2,2-6H3/t16-,17+. The molecule has 0 saturated carbocycles. The largest absolute Gasteiger partial charge is 0.506 e. The van der Waals surface area contributed by atoms with E-state index < -0.39 is 37.8 Å². The van der Waals surface area contributed by atoms with Crippen LogP contribution in [0.2, 0.25) is 20.1 Å². The van der Waals surface area contributed by atoms with E-state index in [4.69, 9.17) is 51.4 Å². The van der Waals surface area contributed by atoms with Crippen LogP contribution in [0.4, 0.5) is 10.1 Å². The molecule has 1 aliphatic rings. The quantitative estimate of drug-likeness (QED) is 0.127. The third-order valence-corrected chi connectivity index (χ3v) is 9.84. The molecule has 0 unspecified atom stereocenters. The molecule has 0 radical (unpaired) electrons. The number of rotatable bonds is 5. The van der Waals surface area contributed by atoms with Crippen molar-refractivity contribution in [3.05, 3.63) is 84.1 Å². The molecule has 1 N–H and O–H groups in total. The van der Waals surface area contributed by atoms with Gasteiger partial charge >= 0.3 is 0 Å². The van der Waals surface area contributed by atoms with Crippen molar-refractivity contribution in [1.29, 1.82) is 5.26 Å². The minimum absolute atomic E-state index is 0.00676. The number of hydrogen-bond acceptors (Lipinski definition) is 7. The second-order valence-electron chi connectivity index (χ2n) is 11.7. The summed E-state index contributed by atoms with van der Waals surface area (Å²) in [6.45, 7) is 13.5. The zero-order valence-electron chi connectivity index (χ0n) is 26.0. The molecule has 9 nitrogen and oxygen atoms in total. The van der Waals surface area contributed by atoms with E-state index in [0.717, 1.165) is 0 Å². The van der Waals surface area contributed by atoms with E-state index in [-0.39, 0.29) is 64.6 Å². The van der Waals surface area contributed by atoms with Gasteiger partial charge < -0.3 is 14.9 Å². The molecule has 1 amide bonds. The molecule has 0 spiro atoms. The number of aromatic hydroxyl groups is 1. The number of nitriles is 1. The molecule has 244 valence electrons. The van der Waals surface area contributed by atoms with Crippen LogP contribution in [0.3, 0.4) is 0 Å². The van der Waals surface area contributed by atoms with Gasteiger partial charge in [0.1, 0.15) is 28.1 Å². The number of aryl methyl sites for hydroxylation is 1. The molecule has 1 aromatic carbocycles. The highest BCUT2D eigenvalue weighted by Crippen LogP contribution is 2.48. The summed E-state index contributed by atoms with van der Waals surface area (Å²) in [5, 5.41) is 20.3. The second-order valence-corrected chi connectivity index (χ2v) is 13.3. The highest BCUT2D eigenvalue weighted by molar-refractivity contribution is 6.49. The van der Waals surface area contributed by atoms with Gasteiger partial charge in [-0.05, 0) is 50.5 Å². The Labute approximate surface area is 290 Å². The fourth-order valence-electron chi connectivity index (χ4n) is 6.25. The van der Waals surface area contributed by atoms with Crippen LogP contribution in [0.1, 0.15) is 50.4 Å². The number of anilines is 1. The van der Waals surface area contributed by atoms with Gasteiger partial charge in [0.15, 0.2) is 5.82 Å². The van der Waals surface area contributed by atoms with Crippen LogP contribution in [0.25, 0.3) is 28.0 Å². The van der Waals surface area contributed by atoms with E-state index in [1.807, 2.05) is 32.6 Å². The van der Waals surface area contributed by atoms with Crippen molar-refractivity contribution in [3.8, 4) is 28.8 Å². The van der Waals surface area contributed by atoms with Crippen LogP contribution < -0.4 is 10.5 Å². The lowest BCUT2D eigenvalue weighted by atomic mass is 10.0. The average Bonchev–Trinajstić information content (AvgIpc) is 3.02. The minimum Gasteiger partial charge on any atom is -0.506 e. The van der Waals surface area contributed by atoms with Gasteiger partial charge in [0.25, 0.3) is 5.56 Å². The third kappa shape index (κ3) is 5.59. The lowest BCUT2D eigenvalue weighted by Crippen LogP contribution is -2.58. The highest BCUT2D eigenvalue weighted by atomic mass is 35.5. The van der Waals surface area contributed by atoms with Crippen LogP contribution in [0.5, 0.6) is 5.75 Å².